The Balaban J connectivity index is 1.67. The Morgan fingerprint density at radius 3 is 2.62 bits per heavy atom. The van der Waals surface area contributed by atoms with Crippen LogP contribution in [-0.2, 0) is 16.1 Å². The first-order chi connectivity index (χ1) is 17.6. The number of carbonyl (C=O) groups excluding carboxylic acids is 2. The number of hydrogen-bond acceptors (Lipinski definition) is 6. The zero-order valence-corrected chi connectivity index (χ0v) is 21.6. The molecule has 2 atom stereocenters. The summed E-state index contributed by atoms with van der Waals surface area (Å²) in [5.74, 6) is -0.460. The van der Waals surface area contributed by atoms with E-state index >= 15 is 0 Å². The molecule has 37 heavy (non-hydrogen) atoms. The number of aliphatic hydroxyl groups excluding tert-OH is 1. The molecule has 0 bridgehead atoms. The minimum Gasteiger partial charge on any atom is -0.444 e. The van der Waals surface area contributed by atoms with Gasteiger partial charge in [0.05, 0.1) is 29.9 Å². The number of nitrogens with zero attached hydrogens (tertiary/aromatic N) is 5. The summed E-state index contributed by atoms with van der Waals surface area (Å²) >= 11 is 6.16. The maximum Gasteiger partial charge on any atom is 0.411 e. The summed E-state index contributed by atoms with van der Waals surface area (Å²) in [5.41, 5.74) is 1.58. The van der Waals surface area contributed by atoms with Gasteiger partial charge in [0, 0.05) is 30.3 Å². The molecule has 3 aromatic rings. The number of carbonyl (C=O) groups is 2. The topological polar surface area (TPSA) is 112 Å². The van der Waals surface area contributed by atoms with Crippen molar-refractivity contribution in [3.05, 3.63) is 82.9 Å². The molecular weight excluding hydrogens is 494 g/mol. The van der Waals surface area contributed by atoms with Gasteiger partial charge in [-0.3, -0.25) is 9.69 Å². The van der Waals surface area contributed by atoms with Crippen LogP contribution in [0.15, 0.2) is 61.1 Å². The number of rotatable bonds is 5. The molecule has 1 aliphatic heterocycles. The van der Waals surface area contributed by atoms with Gasteiger partial charge < -0.3 is 19.3 Å². The second-order valence-corrected chi connectivity index (χ2v) is 10.2. The number of imidazole rings is 1. The molecule has 10 heteroatoms. The summed E-state index contributed by atoms with van der Waals surface area (Å²) in [7, 11) is 0. The number of hydrogen-bond donors (Lipinski definition) is 1. The number of ether oxygens (including phenoxy) is 1. The van der Waals surface area contributed by atoms with Gasteiger partial charge in [-0.2, -0.15) is 5.26 Å². The molecule has 1 N–H and O–H groups in total. The minimum atomic E-state index is -1.39. The van der Waals surface area contributed by atoms with Gasteiger partial charge in [0.15, 0.2) is 0 Å². The van der Waals surface area contributed by atoms with Crippen LogP contribution < -0.4 is 4.90 Å². The van der Waals surface area contributed by atoms with Crippen molar-refractivity contribution in [1.29, 1.82) is 5.26 Å². The van der Waals surface area contributed by atoms with Crippen LogP contribution in [0.25, 0.3) is 0 Å². The van der Waals surface area contributed by atoms with E-state index in [9.17, 15) is 14.7 Å². The van der Waals surface area contributed by atoms with Crippen molar-refractivity contribution in [2.45, 2.75) is 45.1 Å². The third kappa shape index (κ3) is 5.93. The Morgan fingerprint density at radius 1 is 1.24 bits per heavy atom. The summed E-state index contributed by atoms with van der Waals surface area (Å²) in [4.78, 5) is 33.9. The molecule has 1 saturated heterocycles. The lowest BCUT2D eigenvalue weighted by molar-refractivity contribution is -0.130. The number of piperazine rings is 1. The monoisotopic (exact) mass is 521 g/mol. The van der Waals surface area contributed by atoms with E-state index < -0.39 is 29.7 Å². The first kappa shape index (κ1) is 26.2. The summed E-state index contributed by atoms with van der Waals surface area (Å²) < 4.78 is 7.28. The largest absolute Gasteiger partial charge is 0.444 e. The number of halogens is 1. The second-order valence-electron chi connectivity index (χ2n) is 9.79. The van der Waals surface area contributed by atoms with Crippen LogP contribution in [0.4, 0.5) is 10.5 Å². The molecule has 0 spiro atoms. The second kappa shape index (κ2) is 10.6. The van der Waals surface area contributed by atoms with Gasteiger partial charge in [0.1, 0.15) is 17.7 Å². The average Bonchev–Trinajstić information content (AvgIpc) is 3.31. The first-order valence-electron chi connectivity index (χ1n) is 11.8. The maximum atomic E-state index is 13.8. The van der Waals surface area contributed by atoms with Crippen molar-refractivity contribution < 1.29 is 19.4 Å². The Labute approximate surface area is 220 Å². The van der Waals surface area contributed by atoms with Crippen LogP contribution in [0.3, 0.4) is 0 Å². The third-order valence-electron chi connectivity index (χ3n) is 5.95. The fourth-order valence-corrected chi connectivity index (χ4v) is 4.42. The summed E-state index contributed by atoms with van der Waals surface area (Å²) in [6.07, 6.45) is 0.959. The van der Waals surface area contributed by atoms with Gasteiger partial charge in [0.2, 0.25) is 0 Å². The van der Waals surface area contributed by atoms with Crippen LogP contribution >= 0.6 is 11.6 Å². The lowest BCUT2D eigenvalue weighted by Gasteiger charge is -2.42. The number of amides is 2. The fraction of sp³-hybridized carbons (Fsp3) is 0.333. The highest BCUT2D eigenvalue weighted by Gasteiger charge is 2.45. The molecule has 0 saturated carbocycles. The molecule has 0 aliphatic carbocycles. The van der Waals surface area contributed by atoms with Crippen molar-refractivity contribution in [1.82, 2.24) is 14.5 Å². The van der Waals surface area contributed by atoms with E-state index in [2.05, 4.69) is 11.1 Å². The van der Waals surface area contributed by atoms with E-state index in [-0.39, 0.29) is 13.1 Å². The van der Waals surface area contributed by atoms with Crippen molar-refractivity contribution in [2.24, 2.45) is 0 Å². The van der Waals surface area contributed by atoms with E-state index in [1.165, 1.54) is 16.0 Å². The SMILES string of the molecule is CC(C)(C)OC(=O)N1CCN(c2cccc(Cl)c2)C(=O)C1C(O)c1cncn1Cc1ccc(C#N)cc1. The van der Waals surface area contributed by atoms with E-state index in [0.29, 0.717) is 28.5 Å². The number of aromatic nitrogens is 2. The lowest BCUT2D eigenvalue weighted by atomic mass is 10.0. The normalized spacial score (nSPS) is 16.9. The van der Waals surface area contributed by atoms with Crippen LogP contribution in [0.5, 0.6) is 0 Å². The van der Waals surface area contributed by atoms with E-state index in [1.807, 2.05) is 12.1 Å². The molecule has 0 radical (unpaired) electrons. The smallest absolute Gasteiger partial charge is 0.411 e. The van der Waals surface area contributed by atoms with Gasteiger partial charge in [-0.1, -0.05) is 29.8 Å². The molecule has 2 aromatic carbocycles. The summed E-state index contributed by atoms with van der Waals surface area (Å²) in [6, 6.07) is 14.7. The molecule has 9 nitrogen and oxygen atoms in total. The zero-order chi connectivity index (χ0) is 26.7. The molecule has 2 heterocycles. The van der Waals surface area contributed by atoms with E-state index in [0.717, 1.165) is 5.56 Å². The highest BCUT2D eigenvalue weighted by Crippen LogP contribution is 2.31. The lowest BCUT2D eigenvalue weighted by Crippen LogP contribution is -2.61. The number of anilines is 1. The van der Waals surface area contributed by atoms with Crippen LogP contribution in [0.1, 0.15) is 43.7 Å². The quantitative estimate of drug-likeness (QED) is 0.540. The molecule has 1 aliphatic rings. The number of aliphatic hydroxyl groups is 1. The molecule has 2 unspecified atom stereocenters. The molecular formula is C27H28ClN5O4. The van der Waals surface area contributed by atoms with Crippen molar-refractivity contribution >= 4 is 29.3 Å². The first-order valence-corrected chi connectivity index (χ1v) is 12.2. The Hall–Kier alpha value is -3.87. The fourth-order valence-electron chi connectivity index (χ4n) is 4.23. The zero-order valence-electron chi connectivity index (χ0n) is 20.8. The summed E-state index contributed by atoms with van der Waals surface area (Å²) in [5, 5.41) is 21.1. The predicted octanol–water partition coefficient (Wildman–Crippen LogP) is 4.14. The summed E-state index contributed by atoms with van der Waals surface area (Å²) in [6.45, 7) is 5.95. The van der Waals surface area contributed by atoms with Crippen molar-refractivity contribution in [3.63, 3.8) is 0 Å². The van der Waals surface area contributed by atoms with Gasteiger partial charge >= 0.3 is 6.09 Å². The Kier molecular flexibility index (Phi) is 7.52. The Bertz CT molecular complexity index is 1330. The highest BCUT2D eigenvalue weighted by molar-refractivity contribution is 6.31. The van der Waals surface area contributed by atoms with Crippen LogP contribution in [0.2, 0.25) is 5.02 Å². The molecule has 1 fully saturated rings. The molecule has 1 aromatic heterocycles. The van der Waals surface area contributed by atoms with Gasteiger partial charge in [-0.25, -0.2) is 9.78 Å². The van der Waals surface area contributed by atoms with Gasteiger partial charge in [0.25, 0.3) is 5.91 Å². The predicted molar refractivity (Wildman–Crippen MR) is 138 cm³/mol. The van der Waals surface area contributed by atoms with Crippen LogP contribution in [0, 0.1) is 11.3 Å². The number of benzene rings is 2. The standard InChI is InChI=1S/C27H28ClN5O4/c1-27(2,3)37-26(36)33-12-11-32(21-6-4-5-20(28)13-21)25(35)23(33)24(34)22-15-30-17-31(22)16-19-9-7-18(14-29)8-10-19/h4-10,13,15,17,23-24,34H,11-12,16H2,1-3H3. The minimum absolute atomic E-state index is 0.151. The van der Waals surface area contributed by atoms with Gasteiger partial charge in [-0.15, -0.1) is 0 Å². The van der Waals surface area contributed by atoms with E-state index in [4.69, 9.17) is 21.6 Å². The average molecular weight is 522 g/mol. The molecule has 4 rings (SSSR count). The number of nitriles is 1. The van der Waals surface area contributed by atoms with Crippen molar-refractivity contribution in [2.75, 3.05) is 18.0 Å². The van der Waals surface area contributed by atoms with Gasteiger partial charge in [-0.05, 0) is 56.7 Å². The maximum absolute atomic E-state index is 13.8. The molecule has 2 amide bonds. The van der Waals surface area contributed by atoms with Crippen molar-refractivity contribution in [3.8, 4) is 6.07 Å². The molecule has 192 valence electrons. The third-order valence-corrected chi connectivity index (χ3v) is 6.18. The Morgan fingerprint density at radius 2 is 1.97 bits per heavy atom. The van der Waals surface area contributed by atoms with E-state index in [1.54, 1.807) is 68.1 Å². The highest BCUT2D eigenvalue weighted by atomic mass is 35.5. The van der Waals surface area contributed by atoms with Crippen LogP contribution in [-0.4, -0.2) is 56.3 Å².